The van der Waals surface area contributed by atoms with E-state index in [1.807, 2.05) is 31.6 Å². The van der Waals surface area contributed by atoms with Gasteiger partial charge in [0.05, 0.1) is 42.4 Å². The molecule has 0 spiro atoms. The van der Waals surface area contributed by atoms with Crippen molar-refractivity contribution in [1.82, 2.24) is 19.5 Å². The maximum atomic E-state index is 6.62. The molecule has 7 nitrogen and oxygen atoms in total. The smallest absolute Gasteiger partial charge is 0.318 e. The van der Waals surface area contributed by atoms with Crippen molar-refractivity contribution < 1.29 is 4.74 Å². The molecule has 0 N–H and O–H groups in total. The van der Waals surface area contributed by atoms with Gasteiger partial charge < -0.3 is 19.1 Å². The molecule has 4 heterocycles. The van der Waals surface area contributed by atoms with Crippen LogP contribution in [0.1, 0.15) is 23.9 Å². The predicted molar refractivity (Wildman–Crippen MR) is 130 cm³/mol. The van der Waals surface area contributed by atoms with Crippen LogP contribution in [0.3, 0.4) is 0 Å². The van der Waals surface area contributed by atoms with E-state index in [1.54, 1.807) is 0 Å². The van der Waals surface area contributed by atoms with Crippen LogP contribution in [0.15, 0.2) is 48.9 Å². The van der Waals surface area contributed by atoms with Crippen LogP contribution in [-0.4, -0.2) is 39.2 Å². The second kappa shape index (κ2) is 8.23. The lowest BCUT2D eigenvalue weighted by molar-refractivity contribution is 0.310. The summed E-state index contributed by atoms with van der Waals surface area (Å²) in [4.78, 5) is 18.7. The van der Waals surface area contributed by atoms with Gasteiger partial charge in [0.2, 0.25) is 0 Å². The minimum absolute atomic E-state index is 0.447. The monoisotopic (exact) mass is 460 g/mol. The molecule has 2 aliphatic heterocycles. The van der Waals surface area contributed by atoms with Gasteiger partial charge in [0, 0.05) is 42.5 Å². The van der Waals surface area contributed by atoms with Crippen molar-refractivity contribution in [3.63, 3.8) is 0 Å². The molecule has 4 aromatic rings. The Hall–Kier alpha value is -3.32. The molecule has 0 saturated heterocycles. The standard InChI is InChI=1S/C25H25ClN6O/c1-2-33-25-28-21-15-30(22-8-4-6-17-5-3-7-20(26)23(17)22)10-9-19(21)24(29-25)31-11-12-32-16-27-13-18(32)14-31/h3-8,13,16H,2,9-12,14-15H2,1H3. The Morgan fingerprint density at radius 1 is 1.00 bits per heavy atom. The van der Waals surface area contributed by atoms with E-state index < -0.39 is 0 Å². The highest BCUT2D eigenvalue weighted by Gasteiger charge is 2.28. The van der Waals surface area contributed by atoms with Gasteiger partial charge in [0.25, 0.3) is 0 Å². The number of imidazole rings is 1. The summed E-state index contributed by atoms with van der Waals surface area (Å²) in [6.07, 6.45) is 4.71. The van der Waals surface area contributed by atoms with Crippen LogP contribution >= 0.6 is 11.6 Å². The minimum atomic E-state index is 0.447. The van der Waals surface area contributed by atoms with E-state index in [9.17, 15) is 0 Å². The second-order valence-corrected chi connectivity index (χ2v) is 8.88. The average Bonchev–Trinajstić information content (AvgIpc) is 3.31. The molecule has 0 aliphatic carbocycles. The van der Waals surface area contributed by atoms with Crippen molar-refractivity contribution in [2.45, 2.75) is 33.0 Å². The lowest BCUT2D eigenvalue weighted by Gasteiger charge is -2.35. The van der Waals surface area contributed by atoms with Crippen molar-refractivity contribution in [3.8, 4) is 6.01 Å². The second-order valence-electron chi connectivity index (χ2n) is 8.47. The summed E-state index contributed by atoms with van der Waals surface area (Å²) >= 11 is 6.62. The molecule has 168 valence electrons. The molecule has 33 heavy (non-hydrogen) atoms. The number of aromatic nitrogens is 4. The number of benzene rings is 2. The Morgan fingerprint density at radius 2 is 1.88 bits per heavy atom. The first kappa shape index (κ1) is 20.3. The quantitative estimate of drug-likeness (QED) is 0.448. The molecule has 2 aliphatic rings. The Balaban J connectivity index is 1.39. The van der Waals surface area contributed by atoms with E-state index in [2.05, 4.69) is 43.6 Å². The molecule has 0 unspecified atom stereocenters. The molecular weight excluding hydrogens is 436 g/mol. The maximum Gasteiger partial charge on any atom is 0.318 e. The highest BCUT2D eigenvalue weighted by atomic mass is 35.5. The zero-order valence-electron chi connectivity index (χ0n) is 18.5. The molecule has 0 radical (unpaired) electrons. The number of hydrogen-bond donors (Lipinski definition) is 0. The fourth-order valence-corrected chi connectivity index (χ4v) is 5.23. The Kier molecular flexibility index (Phi) is 5.06. The molecule has 2 aromatic heterocycles. The molecule has 2 aromatic carbocycles. The van der Waals surface area contributed by atoms with Crippen molar-refractivity contribution in [1.29, 1.82) is 0 Å². The molecule has 0 saturated carbocycles. The van der Waals surface area contributed by atoms with Gasteiger partial charge in [0.1, 0.15) is 5.82 Å². The zero-order chi connectivity index (χ0) is 22.4. The maximum absolute atomic E-state index is 6.62. The summed E-state index contributed by atoms with van der Waals surface area (Å²) in [6, 6.07) is 12.9. The van der Waals surface area contributed by atoms with E-state index in [1.165, 1.54) is 11.3 Å². The first-order valence-corrected chi connectivity index (χ1v) is 11.8. The number of nitrogens with zero attached hydrogens (tertiary/aromatic N) is 6. The van der Waals surface area contributed by atoms with E-state index in [0.717, 1.165) is 65.6 Å². The van der Waals surface area contributed by atoms with Gasteiger partial charge in [0.15, 0.2) is 0 Å². The number of rotatable bonds is 4. The van der Waals surface area contributed by atoms with E-state index in [-0.39, 0.29) is 0 Å². The van der Waals surface area contributed by atoms with E-state index in [4.69, 9.17) is 26.3 Å². The number of anilines is 2. The Labute approximate surface area is 197 Å². The highest BCUT2D eigenvalue weighted by molar-refractivity contribution is 6.36. The van der Waals surface area contributed by atoms with Gasteiger partial charge in [-0.3, -0.25) is 0 Å². The zero-order valence-corrected chi connectivity index (χ0v) is 19.3. The fraction of sp³-hybridized carbons (Fsp3) is 0.320. The van der Waals surface area contributed by atoms with E-state index >= 15 is 0 Å². The van der Waals surface area contributed by atoms with Crippen LogP contribution in [0.25, 0.3) is 10.8 Å². The summed E-state index contributed by atoms with van der Waals surface area (Å²) in [5.74, 6) is 0.992. The summed E-state index contributed by atoms with van der Waals surface area (Å²) in [5, 5.41) is 3.01. The summed E-state index contributed by atoms with van der Waals surface area (Å²) in [5.41, 5.74) is 4.59. The third-order valence-electron chi connectivity index (χ3n) is 6.53. The lowest BCUT2D eigenvalue weighted by Crippen LogP contribution is -2.37. The number of fused-ring (bicyclic) bond motifs is 3. The van der Waals surface area contributed by atoms with Crippen LogP contribution in [-0.2, 0) is 26.1 Å². The largest absolute Gasteiger partial charge is 0.464 e. The molecule has 0 bridgehead atoms. The minimum Gasteiger partial charge on any atom is -0.464 e. The summed E-state index contributed by atoms with van der Waals surface area (Å²) in [6.45, 7) is 6.66. The van der Waals surface area contributed by atoms with Gasteiger partial charge in [-0.1, -0.05) is 35.9 Å². The SMILES string of the molecule is CCOc1nc2c(c(N3CCn4cncc4C3)n1)CCN(c1cccc3cccc(Cl)c13)C2. The first-order valence-electron chi connectivity index (χ1n) is 11.4. The number of ether oxygens (including phenoxy) is 1. The van der Waals surface area contributed by atoms with Crippen LogP contribution in [0.4, 0.5) is 11.5 Å². The Morgan fingerprint density at radius 3 is 2.76 bits per heavy atom. The van der Waals surface area contributed by atoms with Crippen molar-refractivity contribution in [3.05, 3.63) is 70.9 Å². The molecule has 8 heteroatoms. The van der Waals surface area contributed by atoms with Crippen LogP contribution < -0.4 is 14.5 Å². The Bertz CT molecular complexity index is 1330. The van der Waals surface area contributed by atoms with Crippen molar-refractivity contribution in [2.24, 2.45) is 0 Å². The van der Waals surface area contributed by atoms with Gasteiger partial charge >= 0.3 is 6.01 Å². The third kappa shape index (κ3) is 3.56. The van der Waals surface area contributed by atoms with Crippen LogP contribution in [0.5, 0.6) is 6.01 Å². The number of hydrogen-bond acceptors (Lipinski definition) is 6. The molecule has 6 rings (SSSR count). The fourth-order valence-electron chi connectivity index (χ4n) is 4.95. The van der Waals surface area contributed by atoms with Gasteiger partial charge in [-0.25, -0.2) is 4.98 Å². The van der Waals surface area contributed by atoms with Crippen molar-refractivity contribution >= 4 is 33.9 Å². The van der Waals surface area contributed by atoms with Gasteiger partial charge in [-0.05, 0) is 30.9 Å². The lowest BCUT2D eigenvalue weighted by atomic mass is 10.0. The number of halogens is 1. The summed E-state index contributed by atoms with van der Waals surface area (Å²) < 4.78 is 7.99. The first-order chi connectivity index (χ1) is 16.2. The normalized spacial score (nSPS) is 15.5. The molecular formula is C25H25ClN6O. The highest BCUT2D eigenvalue weighted by Crippen LogP contribution is 2.37. The van der Waals surface area contributed by atoms with Crippen molar-refractivity contribution in [2.75, 3.05) is 29.5 Å². The van der Waals surface area contributed by atoms with E-state index in [0.29, 0.717) is 19.2 Å². The predicted octanol–water partition coefficient (Wildman–Crippen LogP) is 4.46. The summed E-state index contributed by atoms with van der Waals surface area (Å²) in [7, 11) is 0. The van der Waals surface area contributed by atoms with Crippen LogP contribution in [0, 0.1) is 0 Å². The third-order valence-corrected chi connectivity index (χ3v) is 6.85. The average molecular weight is 461 g/mol. The molecule has 0 atom stereocenters. The topological polar surface area (TPSA) is 59.3 Å². The van der Waals surface area contributed by atoms with Gasteiger partial charge in [-0.2, -0.15) is 9.97 Å². The van der Waals surface area contributed by atoms with Gasteiger partial charge in [-0.15, -0.1) is 0 Å². The van der Waals surface area contributed by atoms with Crippen LogP contribution in [0.2, 0.25) is 5.02 Å². The molecule has 0 fully saturated rings. The molecule has 0 amide bonds.